The van der Waals surface area contributed by atoms with Gasteiger partial charge in [-0.15, -0.1) is 0 Å². The van der Waals surface area contributed by atoms with Crippen LogP contribution in [0.1, 0.15) is 20.7 Å². The van der Waals surface area contributed by atoms with Gasteiger partial charge in [-0.3, -0.25) is 18.7 Å². The molecule has 0 amide bonds. The van der Waals surface area contributed by atoms with E-state index >= 15 is 0 Å². The number of nitrogens with two attached hydrogens (primary N) is 1. The zero-order valence-corrected chi connectivity index (χ0v) is 11.9. The van der Waals surface area contributed by atoms with Crippen LogP contribution in [0, 0.1) is 0 Å². The predicted octanol–water partition coefficient (Wildman–Crippen LogP) is -0.701. The molecule has 0 atom stereocenters. The number of anilines is 1. The van der Waals surface area contributed by atoms with Crippen LogP contribution >= 0.6 is 0 Å². The number of Topliss-reactive ketones (excluding diaryl/α,β-unsaturated/α-hetero) is 1. The summed E-state index contributed by atoms with van der Waals surface area (Å²) < 4.78 is 11.2. The highest BCUT2D eigenvalue weighted by Gasteiger charge is 2.21. The molecular weight excluding hydrogens is 294 g/mol. The minimum Gasteiger partial charge on any atom is -0.472 e. The Kier molecular flexibility index (Phi) is 3.97. The van der Waals surface area contributed by atoms with Gasteiger partial charge in [0, 0.05) is 14.1 Å². The fraction of sp³-hybridized carbons (Fsp3) is 0.231. The first-order valence-electron chi connectivity index (χ1n) is 6.12. The van der Waals surface area contributed by atoms with Crippen LogP contribution in [-0.4, -0.2) is 27.5 Å². The maximum absolute atomic E-state index is 12.1. The number of nitrogens with zero attached hydrogens (tertiary/aromatic N) is 2. The number of carbonyl (C=O) groups excluding carboxylic acids is 2. The Balaban J connectivity index is 2.26. The highest BCUT2D eigenvalue weighted by Crippen LogP contribution is 2.06. The predicted molar refractivity (Wildman–Crippen MR) is 74.7 cm³/mol. The molecule has 0 unspecified atom stereocenters. The van der Waals surface area contributed by atoms with Crippen LogP contribution in [-0.2, 0) is 18.8 Å². The average Bonchev–Trinajstić information content (AvgIpc) is 3.03. The van der Waals surface area contributed by atoms with E-state index in [1.807, 2.05) is 0 Å². The van der Waals surface area contributed by atoms with E-state index in [0.29, 0.717) is 0 Å². The molecule has 0 aliphatic rings. The number of esters is 1. The molecule has 0 fully saturated rings. The van der Waals surface area contributed by atoms with Crippen molar-refractivity contribution in [3.05, 3.63) is 50.6 Å². The van der Waals surface area contributed by atoms with Gasteiger partial charge in [0.15, 0.2) is 6.61 Å². The van der Waals surface area contributed by atoms with E-state index < -0.39 is 35.2 Å². The molecule has 2 rings (SSSR count). The second kappa shape index (κ2) is 5.72. The quantitative estimate of drug-likeness (QED) is 0.584. The normalized spacial score (nSPS) is 10.5. The van der Waals surface area contributed by atoms with E-state index in [0.717, 1.165) is 15.4 Å². The molecule has 0 radical (unpaired) electrons. The number of furan rings is 1. The van der Waals surface area contributed by atoms with Gasteiger partial charge in [-0.05, 0) is 6.07 Å². The summed E-state index contributed by atoms with van der Waals surface area (Å²) in [4.78, 5) is 47.3. The van der Waals surface area contributed by atoms with Gasteiger partial charge in [-0.1, -0.05) is 0 Å². The number of carbonyl (C=O) groups is 2. The number of hydrogen-bond donors (Lipinski definition) is 1. The first-order valence-corrected chi connectivity index (χ1v) is 6.12. The smallest absolute Gasteiger partial charge is 0.341 e. The lowest BCUT2D eigenvalue weighted by Gasteiger charge is -2.10. The van der Waals surface area contributed by atoms with Gasteiger partial charge in [0.1, 0.15) is 17.6 Å². The van der Waals surface area contributed by atoms with Gasteiger partial charge in [0.2, 0.25) is 5.78 Å². The molecular formula is C13H13N3O6. The van der Waals surface area contributed by atoms with Crippen LogP contribution in [0.25, 0.3) is 0 Å². The molecule has 0 spiro atoms. The molecule has 2 aromatic rings. The number of nitrogen functional groups attached to an aromatic ring is 1. The van der Waals surface area contributed by atoms with Gasteiger partial charge in [-0.25, -0.2) is 9.59 Å². The number of ether oxygens (including phenoxy) is 1. The van der Waals surface area contributed by atoms with E-state index in [9.17, 15) is 19.2 Å². The molecule has 22 heavy (non-hydrogen) atoms. The van der Waals surface area contributed by atoms with Crippen LogP contribution in [0.4, 0.5) is 5.82 Å². The highest BCUT2D eigenvalue weighted by atomic mass is 16.5. The van der Waals surface area contributed by atoms with Gasteiger partial charge in [0.05, 0.1) is 11.8 Å². The molecule has 0 aliphatic heterocycles. The number of hydrogen-bond acceptors (Lipinski definition) is 7. The van der Waals surface area contributed by atoms with Crippen molar-refractivity contribution >= 4 is 17.6 Å². The maximum Gasteiger partial charge on any atom is 0.341 e. The van der Waals surface area contributed by atoms with Crippen molar-refractivity contribution in [2.24, 2.45) is 14.1 Å². The lowest BCUT2D eigenvalue weighted by molar-refractivity contribution is 0.0473. The molecule has 116 valence electrons. The molecule has 2 heterocycles. The first kappa shape index (κ1) is 15.3. The maximum atomic E-state index is 12.1. The van der Waals surface area contributed by atoms with Gasteiger partial charge >= 0.3 is 11.7 Å². The van der Waals surface area contributed by atoms with E-state index in [2.05, 4.69) is 0 Å². The Hall–Kier alpha value is -3.10. The Morgan fingerprint density at radius 2 is 1.95 bits per heavy atom. The minimum absolute atomic E-state index is 0.133. The van der Waals surface area contributed by atoms with Crippen LogP contribution < -0.4 is 17.0 Å². The van der Waals surface area contributed by atoms with E-state index in [-0.39, 0.29) is 11.4 Å². The Labute approximate surface area is 123 Å². The third-order valence-corrected chi connectivity index (χ3v) is 3.08. The lowest BCUT2D eigenvalue weighted by Crippen LogP contribution is -2.42. The molecule has 0 saturated carbocycles. The van der Waals surface area contributed by atoms with Crippen LogP contribution in [0.3, 0.4) is 0 Å². The lowest BCUT2D eigenvalue weighted by atomic mass is 10.2. The molecule has 2 aromatic heterocycles. The fourth-order valence-corrected chi connectivity index (χ4v) is 1.79. The van der Waals surface area contributed by atoms with Gasteiger partial charge in [0.25, 0.3) is 5.56 Å². The first-order chi connectivity index (χ1) is 10.3. The highest BCUT2D eigenvalue weighted by molar-refractivity contribution is 6.02. The number of aromatic nitrogens is 2. The summed E-state index contributed by atoms with van der Waals surface area (Å²) in [6.45, 7) is -0.679. The van der Waals surface area contributed by atoms with E-state index in [4.69, 9.17) is 14.9 Å². The molecule has 0 saturated heterocycles. The summed E-state index contributed by atoms with van der Waals surface area (Å²) in [7, 11) is 2.55. The standard InChI is InChI=1S/C13H13N3O6/c1-15-10(14)9(11(18)16(2)13(15)20)8(17)6-22-12(19)7-3-4-21-5-7/h3-5H,6,14H2,1-2H3. The van der Waals surface area contributed by atoms with Crippen LogP contribution in [0.5, 0.6) is 0 Å². The van der Waals surface area contributed by atoms with Crippen molar-refractivity contribution in [3.8, 4) is 0 Å². The second-order valence-electron chi connectivity index (χ2n) is 4.48. The molecule has 9 nitrogen and oxygen atoms in total. The zero-order chi connectivity index (χ0) is 16.4. The largest absolute Gasteiger partial charge is 0.472 e. The summed E-state index contributed by atoms with van der Waals surface area (Å²) >= 11 is 0. The van der Waals surface area contributed by atoms with Crippen molar-refractivity contribution in [2.45, 2.75) is 0 Å². The minimum atomic E-state index is -0.843. The van der Waals surface area contributed by atoms with Gasteiger partial charge in [-0.2, -0.15) is 0 Å². The van der Waals surface area contributed by atoms with Crippen molar-refractivity contribution in [1.29, 1.82) is 0 Å². The molecule has 9 heteroatoms. The van der Waals surface area contributed by atoms with E-state index in [1.54, 1.807) is 0 Å². The molecule has 0 aliphatic carbocycles. The average molecular weight is 307 g/mol. The molecule has 2 N–H and O–H groups in total. The van der Waals surface area contributed by atoms with Crippen molar-refractivity contribution in [3.63, 3.8) is 0 Å². The summed E-state index contributed by atoms with van der Waals surface area (Å²) in [6.07, 6.45) is 2.44. The Morgan fingerprint density at radius 1 is 1.27 bits per heavy atom. The van der Waals surface area contributed by atoms with Crippen LogP contribution in [0.2, 0.25) is 0 Å². The van der Waals surface area contributed by atoms with Crippen LogP contribution in [0.15, 0.2) is 32.6 Å². The summed E-state index contributed by atoms with van der Waals surface area (Å²) in [5.41, 5.74) is 3.86. The number of ketones is 1. The van der Waals surface area contributed by atoms with Crippen molar-refractivity contribution < 1.29 is 18.7 Å². The third kappa shape index (κ3) is 2.55. The fourth-order valence-electron chi connectivity index (χ4n) is 1.79. The summed E-state index contributed by atoms with van der Waals surface area (Å²) in [6, 6.07) is 1.37. The van der Waals surface area contributed by atoms with Crippen molar-refractivity contribution in [2.75, 3.05) is 12.3 Å². The number of rotatable bonds is 4. The van der Waals surface area contributed by atoms with Crippen molar-refractivity contribution in [1.82, 2.24) is 9.13 Å². The Morgan fingerprint density at radius 3 is 2.55 bits per heavy atom. The van der Waals surface area contributed by atoms with Gasteiger partial charge < -0.3 is 14.9 Å². The SMILES string of the molecule is Cn1c(N)c(C(=O)COC(=O)c2ccoc2)c(=O)n(C)c1=O. The molecule has 0 aromatic carbocycles. The van der Waals surface area contributed by atoms with E-state index in [1.165, 1.54) is 26.4 Å². The molecule has 0 bridgehead atoms. The zero-order valence-electron chi connectivity index (χ0n) is 11.9. The summed E-state index contributed by atoms with van der Waals surface area (Å²) in [5.74, 6) is -1.86. The summed E-state index contributed by atoms with van der Waals surface area (Å²) in [5, 5.41) is 0. The third-order valence-electron chi connectivity index (χ3n) is 3.08. The second-order valence-corrected chi connectivity index (χ2v) is 4.48. The Bertz CT molecular complexity index is 844. The monoisotopic (exact) mass is 307 g/mol. The topological polar surface area (TPSA) is 127 Å².